The van der Waals surface area contributed by atoms with Crippen molar-refractivity contribution in [2.45, 2.75) is 58.0 Å². The highest BCUT2D eigenvalue weighted by molar-refractivity contribution is 5.88. The average Bonchev–Trinajstić information content (AvgIpc) is 3.48. The molecule has 5 nitrogen and oxygen atoms in total. The summed E-state index contributed by atoms with van der Waals surface area (Å²) in [5.74, 6) is -0.0392. The van der Waals surface area contributed by atoms with Crippen LogP contribution in [0, 0.1) is 12.7 Å². The van der Waals surface area contributed by atoms with Gasteiger partial charge in [0, 0.05) is 23.4 Å². The number of benzene rings is 1. The Balaban J connectivity index is 1.78. The van der Waals surface area contributed by atoms with E-state index in [9.17, 15) is 18.0 Å². The predicted molar refractivity (Wildman–Crippen MR) is 109 cm³/mol. The van der Waals surface area contributed by atoms with Crippen LogP contribution in [-0.4, -0.2) is 14.5 Å². The Morgan fingerprint density at radius 3 is 2.57 bits per heavy atom. The van der Waals surface area contributed by atoms with E-state index in [0.29, 0.717) is 22.5 Å². The summed E-state index contributed by atoms with van der Waals surface area (Å²) in [6.45, 7) is 5.43. The summed E-state index contributed by atoms with van der Waals surface area (Å²) in [7, 11) is 0. The fraction of sp³-hybridized carbons (Fsp3) is 0.409. The number of aromatic nitrogens is 3. The van der Waals surface area contributed by atoms with Crippen molar-refractivity contribution in [2.24, 2.45) is 0 Å². The number of hydrogen-bond acceptors (Lipinski definition) is 4. The zero-order valence-electron chi connectivity index (χ0n) is 17.0. The van der Waals surface area contributed by atoms with E-state index < -0.39 is 23.8 Å². The molecule has 2 heterocycles. The van der Waals surface area contributed by atoms with Crippen LogP contribution in [0.15, 0.2) is 35.3 Å². The fourth-order valence-electron chi connectivity index (χ4n) is 3.96. The van der Waals surface area contributed by atoms with E-state index in [1.165, 1.54) is 18.2 Å². The number of alkyl halides is 2. The highest BCUT2D eigenvalue weighted by Gasteiger charge is 2.43. The molecule has 4 rings (SSSR count). The SMILES string of the molecule is CCC1(n2cc3c(N[C@@H](C)c4cccc(C(F)F)c4F)nc(C)nc3cc2=O)CC1. The third-order valence-electron chi connectivity index (χ3n) is 5.95. The van der Waals surface area contributed by atoms with Crippen molar-refractivity contribution in [1.29, 1.82) is 0 Å². The lowest BCUT2D eigenvalue weighted by Crippen LogP contribution is -2.29. The predicted octanol–water partition coefficient (Wildman–Crippen LogP) is 5.25. The fourth-order valence-corrected chi connectivity index (χ4v) is 3.96. The third-order valence-corrected chi connectivity index (χ3v) is 5.95. The van der Waals surface area contributed by atoms with Crippen molar-refractivity contribution < 1.29 is 13.2 Å². The number of aryl methyl sites for hydroxylation is 1. The van der Waals surface area contributed by atoms with Crippen LogP contribution in [0.1, 0.15) is 62.5 Å². The molecule has 0 amide bonds. The van der Waals surface area contributed by atoms with E-state index in [2.05, 4.69) is 22.2 Å². The molecular weight excluding hydrogens is 393 g/mol. The molecule has 1 fully saturated rings. The monoisotopic (exact) mass is 416 g/mol. The van der Waals surface area contributed by atoms with Crippen LogP contribution in [0.25, 0.3) is 10.9 Å². The van der Waals surface area contributed by atoms with E-state index in [1.54, 1.807) is 24.6 Å². The topological polar surface area (TPSA) is 59.8 Å². The normalized spacial score (nSPS) is 16.1. The first-order valence-corrected chi connectivity index (χ1v) is 10.0. The minimum absolute atomic E-state index is 0.116. The second kappa shape index (κ2) is 7.41. The Labute approximate surface area is 172 Å². The van der Waals surface area contributed by atoms with Crippen molar-refractivity contribution in [1.82, 2.24) is 14.5 Å². The van der Waals surface area contributed by atoms with Gasteiger partial charge in [-0.2, -0.15) is 0 Å². The van der Waals surface area contributed by atoms with Gasteiger partial charge in [-0.15, -0.1) is 0 Å². The molecule has 3 aromatic rings. The van der Waals surface area contributed by atoms with Gasteiger partial charge in [-0.1, -0.05) is 25.1 Å². The van der Waals surface area contributed by atoms with Gasteiger partial charge >= 0.3 is 0 Å². The Kier molecular flexibility index (Phi) is 5.03. The lowest BCUT2D eigenvalue weighted by Gasteiger charge is -2.21. The Bertz CT molecular complexity index is 1170. The van der Waals surface area contributed by atoms with Gasteiger partial charge in [0.15, 0.2) is 0 Å². The number of fused-ring (bicyclic) bond motifs is 1. The molecule has 30 heavy (non-hydrogen) atoms. The summed E-state index contributed by atoms with van der Waals surface area (Å²) >= 11 is 0. The molecular formula is C22H23F3N4O. The number of halogens is 3. The Morgan fingerprint density at radius 1 is 1.23 bits per heavy atom. The van der Waals surface area contributed by atoms with Gasteiger partial charge in [0.2, 0.25) is 0 Å². The van der Waals surface area contributed by atoms with Gasteiger partial charge in [0.25, 0.3) is 12.0 Å². The highest BCUT2D eigenvalue weighted by atomic mass is 19.3. The summed E-state index contributed by atoms with van der Waals surface area (Å²) in [6, 6.07) is 4.84. The second-order valence-electron chi connectivity index (χ2n) is 7.90. The highest BCUT2D eigenvalue weighted by Crippen LogP contribution is 2.45. The second-order valence-corrected chi connectivity index (χ2v) is 7.90. The van der Waals surface area contributed by atoms with Crippen LogP contribution in [0.5, 0.6) is 0 Å². The molecule has 1 aliphatic carbocycles. The third kappa shape index (κ3) is 3.44. The summed E-state index contributed by atoms with van der Waals surface area (Å²) in [5.41, 5.74) is -0.298. The number of pyridine rings is 1. The smallest absolute Gasteiger partial charge is 0.266 e. The lowest BCUT2D eigenvalue weighted by atomic mass is 10.0. The maximum Gasteiger partial charge on any atom is 0.266 e. The van der Waals surface area contributed by atoms with Gasteiger partial charge in [0.05, 0.1) is 22.5 Å². The minimum Gasteiger partial charge on any atom is -0.363 e. The molecule has 0 bridgehead atoms. The van der Waals surface area contributed by atoms with Crippen molar-refractivity contribution in [3.63, 3.8) is 0 Å². The van der Waals surface area contributed by atoms with Crippen LogP contribution < -0.4 is 10.9 Å². The summed E-state index contributed by atoms with van der Waals surface area (Å²) in [6.07, 6.45) is 1.58. The van der Waals surface area contributed by atoms with Crippen LogP contribution in [0.2, 0.25) is 0 Å². The number of nitrogens with zero attached hydrogens (tertiary/aromatic N) is 3. The van der Waals surface area contributed by atoms with Crippen molar-refractivity contribution in [3.05, 3.63) is 63.6 Å². The number of rotatable bonds is 6. The van der Waals surface area contributed by atoms with Crippen molar-refractivity contribution in [2.75, 3.05) is 5.32 Å². The number of hydrogen-bond donors (Lipinski definition) is 1. The molecule has 0 unspecified atom stereocenters. The van der Waals surface area contributed by atoms with Gasteiger partial charge < -0.3 is 9.88 Å². The summed E-state index contributed by atoms with van der Waals surface area (Å²) in [4.78, 5) is 21.5. The molecule has 8 heteroatoms. The first-order valence-electron chi connectivity index (χ1n) is 10.0. The van der Waals surface area contributed by atoms with E-state index in [1.807, 2.05) is 0 Å². The Morgan fingerprint density at radius 2 is 1.93 bits per heavy atom. The van der Waals surface area contributed by atoms with Crippen molar-refractivity contribution in [3.8, 4) is 0 Å². The molecule has 2 aromatic heterocycles. The average molecular weight is 416 g/mol. The molecule has 1 aromatic carbocycles. The molecule has 0 saturated heterocycles. The van der Waals surface area contributed by atoms with Gasteiger partial charge in [0.1, 0.15) is 17.5 Å². The van der Waals surface area contributed by atoms with Crippen LogP contribution in [0.4, 0.5) is 19.0 Å². The Hall–Kier alpha value is -2.90. The largest absolute Gasteiger partial charge is 0.363 e. The zero-order chi connectivity index (χ0) is 21.6. The maximum absolute atomic E-state index is 14.6. The molecule has 158 valence electrons. The molecule has 1 aliphatic rings. The van der Waals surface area contributed by atoms with Gasteiger partial charge in [-0.3, -0.25) is 4.79 Å². The lowest BCUT2D eigenvalue weighted by molar-refractivity contribution is 0.146. The first-order chi connectivity index (χ1) is 14.3. The molecule has 0 spiro atoms. The zero-order valence-corrected chi connectivity index (χ0v) is 17.0. The molecule has 0 radical (unpaired) electrons. The van der Waals surface area contributed by atoms with Crippen LogP contribution in [0.3, 0.4) is 0 Å². The summed E-state index contributed by atoms with van der Waals surface area (Å²) < 4.78 is 42.5. The molecule has 1 N–H and O–H groups in total. The van der Waals surface area contributed by atoms with Gasteiger partial charge in [-0.25, -0.2) is 23.1 Å². The van der Waals surface area contributed by atoms with Crippen LogP contribution >= 0.6 is 0 Å². The van der Waals surface area contributed by atoms with E-state index in [-0.39, 0.29) is 16.7 Å². The minimum atomic E-state index is -2.89. The van der Waals surface area contributed by atoms with Crippen LogP contribution in [-0.2, 0) is 5.54 Å². The molecule has 1 saturated carbocycles. The van der Waals surface area contributed by atoms with Gasteiger partial charge in [-0.05, 0) is 33.1 Å². The van der Waals surface area contributed by atoms with E-state index in [4.69, 9.17) is 0 Å². The molecule has 0 aliphatic heterocycles. The quantitative estimate of drug-likeness (QED) is 0.596. The molecule has 1 atom stereocenters. The summed E-state index contributed by atoms with van der Waals surface area (Å²) in [5, 5.41) is 3.77. The number of anilines is 1. The van der Waals surface area contributed by atoms with E-state index in [0.717, 1.165) is 25.3 Å². The standard InChI is InChI=1S/C22H23F3N4O/c1-4-22(8-9-22)29-11-16-17(10-18(29)30)27-13(3)28-21(16)26-12(2)14-6-5-7-15(19(14)23)20(24)25/h5-7,10-12,20H,4,8-9H2,1-3H3,(H,26,27,28)/t12-/m0/s1. The first kappa shape index (κ1) is 20.4. The van der Waals surface area contributed by atoms with E-state index >= 15 is 0 Å². The van der Waals surface area contributed by atoms with Crippen molar-refractivity contribution >= 4 is 16.7 Å². The number of nitrogens with one attached hydrogen (secondary N) is 1. The maximum atomic E-state index is 14.6.